The van der Waals surface area contributed by atoms with E-state index < -0.39 is 30.0 Å². The van der Waals surface area contributed by atoms with Crippen molar-refractivity contribution >= 4 is 40.6 Å². The largest absolute Gasteiger partial charge is 0.442 e. The minimum Gasteiger partial charge on any atom is -0.442 e. The molecular formula is C20H27FN4O5S. The molecule has 2 aliphatic heterocycles. The smallest absolute Gasteiger partial charge is 0.414 e. The summed E-state index contributed by atoms with van der Waals surface area (Å²) >= 11 is 4.96. The van der Waals surface area contributed by atoms with E-state index in [1.165, 1.54) is 22.8 Å². The van der Waals surface area contributed by atoms with E-state index in [0.717, 1.165) is 0 Å². The van der Waals surface area contributed by atoms with E-state index in [0.29, 0.717) is 55.6 Å². The Kier molecular flexibility index (Phi) is 6.97. The summed E-state index contributed by atoms with van der Waals surface area (Å²) in [4.78, 5) is 29.7. The van der Waals surface area contributed by atoms with E-state index in [9.17, 15) is 19.1 Å². The van der Waals surface area contributed by atoms with Crippen molar-refractivity contribution in [1.29, 1.82) is 0 Å². The van der Waals surface area contributed by atoms with Crippen molar-refractivity contribution < 1.29 is 28.9 Å². The molecule has 0 saturated carbocycles. The highest BCUT2D eigenvalue weighted by Crippen LogP contribution is 2.28. The fourth-order valence-corrected chi connectivity index (χ4v) is 3.66. The first-order valence-corrected chi connectivity index (χ1v) is 10.4. The number of thiocarbonyl (C=S) groups is 1. The average molecular weight is 455 g/mol. The van der Waals surface area contributed by atoms with Gasteiger partial charge in [0, 0.05) is 26.2 Å². The van der Waals surface area contributed by atoms with E-state index in [4.69, 9.17) is 22.1 Å². The number of carbonyl (C=O) groups excluding carboxylic acids is 2. The lowest BCUT2D eigenvalue weighted by atomic mass is 10.1. The van der Waals surface area contributed by atoms with E-state index in [1.807, 2.05) is 0 Å². The molecule has 1 aromatic carbocycles. The van der Waals surface area contributed by atoms with Crippen LogP contribution in [0.2, 0.25) is 0 Å². The van der Waals surface area contributed by atoms with Gasteiger partial charge in [-0.3, -0.25) is 9.69 Å². The van der Waals surface area contributed by atoms with E-state index in [2.05, 4.69) is 5.32 Å². The van der Waals surface area contributed by atoms with Crippen LogP contribution in [0, 0.1) is 5.82 Å². The number of piperazine rings is 1. The van der Waals surface area contributed by atoms with Gasteiger partial charge in [0.05, 0.1) is 36.1 Å². The summed E-state index contributed by atoms with van der Waals surface area (Å²) in [6, 6.07) is 4.56. The fourth-order valence-electron chi connectivity index (χ4n) is 3.58. The number of aliphatic hydroxyl groups excluding tert-OH is 1. The highest BCUT2D eigenvalue weighted by molar-refractivity contribution is 7.80. The quantitative estimate of drug-likeness (QED) is 0.533. The van der Waals surface area contributed by atoms with Crippen LogP contribution in [0.4, 0.5) is 20.6 Å². The second-order valence-corrected chi connectivity index (χ2v) is 8.51. The molecule has 3 N–H and O–H groups in total. The van der Waals surface area contributed by atoms with Crippen molar-refractivity contribution in [3.63, 3.8) is 0 Å². The highest BCUT2D eigenvalue weighted by atomic mass is 32.1. The van der Waals surface area contributed by atoms with Gasteiger partial charge in [0.25, 0.3) is 5.91 Å². The van der Waals surface area contributed by atoms with Crippen molar-refractivity contribution in [1.82, 2.24) is 10.2 Å². The molecule has 31 heavy (non-hydrogen) atoms. The zero-order valence-electron chi connectivity index (χ0n) is 17.5. The molecule has 0 bridgehead atoms. The van der Waals surface area contributed by atoms with Gasteiger partial charge in [0.2, 0.25) is 0 Å². The number of anilines is 2. The van der Waals surface area contributed by atoms with Gasteiger partial charge in [0.1, 0.15) is 11.9 Å². The Balaban J connectivity index is 1.62. The molecular weight excluding hydrogens is 427 g/mol. The summed E-state index contributed by atoms with van der Waals surface area (Å²) in [5, 5.41) is 22.1. The molecule has 2 saturated heterocycles. The fraction of sp³-hybridized carbons (Fsp3) is 0.550. The monoisotopic (exact) mass is 454 g/mol. The average Bonchev–Trinajstić information content (AvgIpc) is 3.12. The number of ether oxygens (including phenoxy) is 1. The number of aliphatic hydroxyl groups is 2. The van der Waals surface area contributed by atoms with E-state index >= 15 is 0 Å². The van der Waals surface area contributed by atoms with Crippen molar-refractivity contribution in [2.75, 3.05) is 55.7 Å². The number of cyclic esters (lactones) is 1. The SMILES string of the molecule is CC(=S)NCC1CN(c2ccc(N3CCN(C(=O)C(C)(O)CO)CC3)c(F)c2)C(=O)O1. The molecule has 11 heteroatoms. The van der Waals surface area contributed by atoms with Gasteiger partial charge in [0.15, 0.2) is 5.60 Å². The van der Waals surface area contributed by atoms with E-state index in [-0.39, 0.29) is 6.10 Å². The van der Waals surface area contributed by atoms with Gasteiger partial charge in [-0.2, -0.15) is 0 Å². The molecule has 1 aromatic rings. The number of halogens is 1. The zero-order valence-corrected chi connectivity index (χ0v) is 18.3. The van der Waals surface area contributed by atoms with Gasteiger partial charge < -0.3 is 30.1 Å². The van der Waals surface area contributed by atoms with Crippen molar-refractivity contribution in [3.8, 4) is 0 Å². The molecule has 2 aliphatic rings. The van der Waals surface area contributed by atoms with Crippen molar-refractivity contribution in [2.45, 2.75) is 25.6 Å². The van der Waals surface area contributed by atoms with Gasteiger partial charge in [-0.25, -0.2) is 9.18 Å². The molecule has 0 aliphatic carbocycles. The third-order valence-corrected chi connectivity index (χ3v) is 5.52. The van der Waals surface area contributed by atoms with Crippen LogP contribution in [0.25, 0.3) is 0 Å². The zero-order chi connectivity index (χ0) is 22.8. The van der Waals surface area contributed by atoms with E-state index in [1.54, 1.807) is 24.0 Å². The summed E-state index contributed by atoms with van der Waals surface area (Å²) in [5.74, 6) is -1.03. The lowest BCUT2D eigenvalue weighted by Crippen LogP contribution is -2.56. The summed E-state index contributed by atoms with van der Waals surface area (Å²) in [5.41, 5.74) is -1.05. The number of hydrogen-bond donors (Lipinski definition) is 3. The van der Waals surface area contributed by atoms with Crippen LogP contribution in [0.15, 0.2) is 18.2 Å². The molecule has 0 radical (unpaired) electrons. The van der Waals surface area contributed by atoms with Crippen molar-refractivity contribution in [2.24, 2.45) is 0 Å². The van der Waals surface area contributed by atoms with Gasteiger partial charge in [-0.15, -0.1) is 0 Å². The first-order chi connectivity index (χ1) is 14.6. The molecule has 2 atom stereocenters. The number of amides is 2. The molecule has 2 heterocycles. The van der Waals surface area contributed by atoms with Crippen LogP contribution < -0.4 is 15.1 Å². The lowest BCUT2D eigenvalue weighted by Gasteiger charge is -2.38. The predicted molar refractivity (Wildman–Crippen MR) is 117 cm³/mol. The third kappa shape index (κ3) is 5.23. The maximum atomic E-state index is 14.9. The maximum absolute atomic E-state index is 14.9. The Hall–Kier alpha value is -2.50. The van der Waals surface area contributed by atoms with Crippen molar-refractivity contribution in [3.05, 3.63) is 24.0 Å². The Morgan fingerprint density at radius 3 is 2.61 bits per heavy atom. The number of carbonyl (C=O) groups is 2. The Morgan fingerprint density at radius 1 is 1.35 bits per heavy atom. The van der Waals surface area contributed by atoms with Gasteiger partial charge >= 0.3 is 6.09 Å². The number of benzene rings is 1. The molecule has 2 amide bonds. The lowest BCUT2D eigenvalue weighted by molar-refractivity contribution is -0.153. The molecule has 3 rings (SSSR count). The number of nitrogens with zero attached hydrogens (tertiary/aromatic N) is 3. The number of nitrogens with one attached hydrogen (secondary N) is 1. The molecule has 170 valence electrons. The molecule has 2 unspecified atom stereocenters. The normalized spacial score (nSPS) is 21.0. The van der Waals surface area contributed by atoms with Gasteiger partial charge in [-0.1, -0.05) is 12.2 Å². The minimum absolute atomic E-state index is 0.290. The summed E-state index contributed by atoms with van der Waals surface area (Å²) < 4.78 is 20.2. The minimum atomic E-state index is -1.82. The highest BCUT2D eigenvalue weighted by Gasteiger charge is 2.36. The Morgan fingerprint density at radius 2 is 2.03 bits per heavy atom. The molecule has 0 spiro atoms. The second kappa shape index (κ2) is 9.33. The molecule has 2 fully saturated rings. The van der Waals surface area contributed by atoms with Gasteiger partial charge in [-0.05, 0) is 32.0 Å². The van der Waals surface area contributed by atoms with Crippen LogP contribution in [-0.4, -0.2) is 89.7 Å². The third-order valence-electron chi connectivity index (χ3n) is 5.37. The topological polar surface area (TPSA) is 106 Å². The van der Waals surface area contributed by atoms with Crippen LogP contribution >= 0.6 is 12.2 Å². The Labute approximate surface area is 185 Å². The number of rotatable bonds is 6. The standard InChI is InChI=1S/C20H27FN4O5S/c1-13(31)22-10-15-11-25(19(28)30-15)14-3-4-17(16(21)9-14)23-5-7-24(8-6-23)18(27)20(2,29)12-26/h3-4,9,15,26,29H,5-8,10-12H2,1-2H3,(H,22,31). The summed E-state index contributed by atoms with van der Waals surface area (Å²) in [6.07, 6.45) is -0.918. The molecule has 9 nitrogen and oxygen atoms in total. The predicted octanol–water partition coefficient (Wildman–Crippen LogP) is 0.480. The summed E-state index contributed by atoms with van der Waals surface area (Å²) in [7, 11) is 0. The van der Waals surface area contributed by atoms with Crippen LogP contribution in [-0.2, 0) is 9.53 Å². The number of hydrogen-bond acceptors (Lipinski definition) is 7. The Bertz CT molecular complexity index is 860. The first kappa shape index (κ1) is 23.2. The first-order valence-electron chi connectivity index (χ1n) is 10.0. The van der Waals surface area contributed by atoms with Crippen LogP contribution in [0.1, 0.15) is 13.8 Å². The second-order valence-electron chi connectivity index (χ2n) is 7.90. The maximum Gasteiger partial charge on any atom is 0.414 e. The molecule has 0 aromatic heterocycles. The van der Waals surface area contributed by atoms with Crippen LogP contribution in [0.5, 0.6) is 0 Å². The van der Waals surface area contributed by atoms with Crippen LogP contribution in [0.3, 0.4) is 0 Å². The summed E-state index contributed by atoms with van der Waals surface area (Å²) in [6.45, 7) is 4.36.